The molecule has 1 aromatic carbocycles. The van der Waals surface area contributed by atoms with E-state index in [1.807, 2.05) is 6.20 Å². The topological polar surface area (TPSA) is 16.1 Å². The molecule has 0 N–H and O–H groups in total. The zero-order chi connectivity index (χ0) is 13.4. The Morgan fingerprint density at radius 1 is 1.32 bits per heavy atom. The summed E-state index contributed by atoms with van der Waals surface area (Å²) in [4.78, 5) is 6.92. The maximum Gasteiger partial charge on any atom is 0.147 e. The number of benzene rings is 1. The Morgan fingerprint density at radius 2 is 2.11 bits per heavy atom. The highest BCUT2D eigenvalue weighted by Crippen LogP contribution is 2.40. The van der Waals surface area contributed by atoms with Gasteiger partial charge in [-0.05, 0) is 58.5 Å². The van der Waals surface area contributed by atoms with Crippen molar-refractivity contribution in [1.82, 2.24) is 4.98 Å². The number of rotatable bonds is 1. The fourth-order valence-corrected chi connectivity index (χ4v) is 3.37. The van der Waals surface area contributed by atoms with Gasteiger partial charge in [-0.2, -0.15) is 0 Å². The fourth-order valence-electron chi connectivity index (χ4n) is 2.69. The second-order valence-corrected chi connectivity index (χ2v) is 6.07. The summed E-state index contributed by atoms with van der Waals surface area (Å²) in [6.07, 6.45) is 3.10. The summed E-state index contributed by atoms with van der Waals surface area (Å²) < 4.78 is 1.07. The van der Waals surface area contributed by atoms with Gasteiger partial charge in [-0.1, -0.05) is 25.1 Å². The number of hydrogen-bond acceptors (Lipinski definition) is 2. The van der Waals surface area contributed by atoms with E-state index >= 15 is 0 Å². The van der Waals surface area contributed by atoms with Crippen molar-refractivity contribution in [3.05, 3.63) is 52.1 Å². The van der Waals surface area contributed by atoms with Crippen molar-refractivity contribution >= 4 is 27.4 Å². The molecule has 0 aliphatic carbocycles. The van der Waals surface area contributed by atoms with Gasteiger partial charge < -0.3 is 4.90 Å². The maximum absolute atomic E-state index is 4.60. The average Bonchev–Trinajstić information content (AvgIpc) is 2.41. The van der Waals surface area contributed by atoms with Crippen molar-refractivity contribution in [2.75, 3.05) is 11.4 Å². The largest absolute Gasteiger partial charge is 0.325 e. The second kappa shape index (κ2) is 4.97. The van der Waals surface area contributed by atoms with Crippen LogP contribution in [-0.4, -0.2) is 11.5 Å². The third kappa shape index (κ3) is 2.27. The number of aromatic nitrogens is 1. The molecule has 3 rings (SSSR count). The van der Waals surface area contributed by atoms with Crippen molar-refractivity contribution in [1.29, 1.82) is 0 Å². The Bertz CT molecular complexity index is 609. The summed E-state index contributed by atoms with van der Waals surface area (Å²) in [5.74, 6) is 1.64. The van der Waals surface area contributed by atoms with E-state index in [9.17, 15) is 0 Å². The van der Waals surface area contributed by atoms with E-state index in [1.165, 1.54) is 23.2 Å². The van der Waals surface area contributed by atoms with Crippen LogP contribution in [0.4, 0.5) is 11.5 Å². The molecule has 0 fully saturated rings. The Labute approximate surface area is 122 Å². The second-order valence-electron chi connectivity index (χ2n) is 5.22. The van der Waals surface area contributed by atoms with E-state index in [4.69, 9.17) is 0 Å². The number of fused-ring (bicyclic) bond motifs is 1. The first kappa shape index (κ1) is 12.7. The molecule has 2 heterocycles. The normalized spacial score (nSPS) is 18.3. The van der Waals surface area contributed by atoms with E-state index < -0.39 is 0 Å². The van der Waals surface area contributed by atoms with Crippen molar-refractivity contribution < 1.29 is 0 Å². The third-order valence-electron chi connectivity index (χ3n) is 3.76. The quantitative estimate of drug-likeness (QED) is 0.751. The number of aryl methyl sites for hydroxylation is 1. The van der Waals surface area contributed by atoms with Crippen molar-refractivity contribution in [3.63, 3.8) is 0 Å². The predicted octanol–water partition coefficient (Wildman–Crippen LogP) is 4.80. The zero-order valence-electron chi connectivity index (χ0n) is 11.2. The van der Waals surface area contributed by atoms with Crippen LogP contribution in [0.15, 0.2) is 41.0 Å². The minimum atomic E-state index is 0.622. The van der Waals surface area contributed by atoms with Crippen LogP contribution in [0.2, 0.25) is 0 Å². The van der Waals surface area contributed by atoms with E-state index in [1.54, 1.807) is 0 Å². The number of pyridine rings is 1. The maximum atomic E-state index is 4.60. The summed E-state index contributed by atoms with van der Waals surface area (Å²) in [6, 6.07) is 10.8. The SMILES string of the molecule is Cc1cnc(N2CCC(C)c3ccccc32)c(Br)c1. The molecule has 19 heavy (non-hydrogen) atoms. The van der Waals surface area contributed by atoms with E-state index in [0.29, 0.717) is 5.92 Å². The van der Waals surface area contributed by atoms with Crippen LogP contribution in [0, 0.1) is 6.92 Å². The molecule has 0 saturated heterocycles. The molecule has 0 radical (unpaired) electrons. The van der Waals surface area contributed by atoms with Gasteiger partial charge >= 0.3 is 0 Å². The number of halogens is 1. The van der Waals surface area contributed by atoms with Crippen LogP contribution in [-0.2, 0) is 0 Å². The highest BCUT2D eigenvalue weighted by molar-refractivity contribution is 9.10. The van der Waals surface area contributed by atoms with Crippen LogP contribution < -0.4 is 4.90 Å². The molecule has 3 heteroatoms. The lowest BCUT2D eigenvalue weighted by Gasteiger charge is -2.34. The summed E-state index contributed by atoms with van der Waals surface area (Å²) in [5, 5.41) is 0. The van der Waals surface area contributed by atoms with Gasteiger partial charge in [0.1, 0.15) is 5.82 Å². The molecule has 2 nitrogen and oxygen atoms in total. The van der Waals surface area contributed by atoms with Gasteiger partial charge in [0.15, 0.2) is 0 Å². The summed E-state index contributed by atoms with van der Waals surface area (Å²) in [7, 11) is 0. The highest BCUT2D eigenvalue weighted by atomic mass is 79.9. The Kier molecular flexibility index (Phi) is 3.31. The zero-order valence-corrected chi connectivity index (χ0v) is 12.8. The Morgan fingerprint density at radius 3 is 2.89 bits per heavy atom. The van der Waals surface area contributed by atoms with Crippen LogP contribution >= 0.6 is 15.9 Å². The first-order chi connectivity index (χ1) is 9.16. The van der Waals surface area contributed by atoms with Crippen LogP contribution in [0.5, 0.6) is 0 Å². The summed E-state index contributed by atoms with van der Waals surface area (Å²) in [5.41, 5.74) is 3.88. The molecule has 1 unspecified atom stereocenters. The monoisotopic (exact) mass is 316 g/mol. The number of anilines is 2. The lowest BCUT2D eigenvalue weighted by molar-refractivity contribution is 0.646. The van der Waals surface area contributed by atoms with Gasteiger partial charge in [-0.3, -0.25) is 0 Å². The van der Waals surface area contributed by atoms with Gasteiger partial charge in [0.05, 0.1) is 4.47 Å². The minimum absolute atomic E-state index is 0.622. The molecule has 0 bridgehead atoms. The molecule has 1 atom stereocenters. The van der Waals surface area contributed by atoms with Crippen molar-refractivity contribution in [2.24, 2.45) is 0 Å². The smallest absolute Gasteiger partial charge is 0.147 e. The standard InChI is InChI=1S/C16H17BrN2/c1-11-9-14(17)16(18-10-11)19-8-7-12(2)13-5-3-4-6-15(13)19/h3-6,9-10,12H,7-8H2,1-2H3. The van der Waals surface area contributed by atoms with Crippen LogP contribution in [0.25, 0.3) is 0 Å². The van der Waals surface area contributed by atoms with Gasteiger partial charge in [0.25, 0.3) is 0 Å². The van der Waals surface area contributed by atoms with E-state index in [0.717, 1.165) is 16.8 Å². The molecule has 98 valence electrons. The summed E-state index contributed by atoms with van der Waals surface area (Å²) in [6.45, 7) is 5.38. The van der Waals surface area contributed by atoms with Crippen molar-refractivity contribution in [2.45, 2.75) is 26.2 Å². The predicted molar refractivity (Wildman–Crippen MR) is 83.2 cm³/mol. The van der Waals surface area contributed by atoms with Crippen LogP contribution in [0.1, 0.15) is 30.4 Å². The molecule has 0 saturated carbocycles. The van der Waals surface area contributed by atoms with E-state index in [2.05, 4.69) is 70.0 Å². The molecule has 1 aliphatic rings. The fraction of sp³-hybridized carbons (Fsp3) is 0.312. The lowest BCUT2D eigenvalue weighted by atomic mass is 9.91. The first-order valence-electron chi connectivity index (χ1n) is 6.65. The first-order valence-corrected chi connectivity index (χ1v) is 7.44. The van der Waals surface area contributed by atoms with Gasteiger partial charge in [-0.15, -0.1) is 0 Å². The van der Waals surface area contributed by atoms with Crippen molar-refractivity contribution in [3.8, 4) is 0 Å². The molecule has 0 spiro atoms. The van der Waals surface area contributed by atoms with Crippen LogP contribution in [0.3, 0.4) is 0 Å². The third-order valence-corrected chi connectivity index (χ3v) is 4.34. The molecule has 1 aliphatic heterocycles. The Balaban J connectivity index is 2.09. The number of para-hydroxylation sites is 1. The highest BCUT2D eigenvalue weighted by Gasteiger charge is 2.24. The van der Waals surface area contributed by atoms with E-state index in [-0.39, 0.29) is 0 Å². The Hall–Kier alpha value is -1.35. The summed E-state index contributed by atoms with van der Waals surface area (Å²) >= 11 is 3.65. The van der Waals surface area contributed by atoms with Gasteiger partial charge in [0.2, 0.25) is 0 Å². The molecular formula is C16H17BrN2. The van der Waals surface area contributed by atoms with Gasteiger partial charge in [-0.25, -0.2) is 4.98 Å². The number of nitrogens with zero attached hydrogens (tertiary/aromatic N) is 2. The molecule has 2 aromatic rings. The number of hydrogen-bond donors (Lipinski definition) is 0. The molecular weight excluding hydrogens is 300 g/mol. The lowest BCUT2D eigenvalue weighted by Crippen LogP contribution is -2.27. The molecule has 0 amide bonds. The minimum Gasteiger partial charge on any atom is -0.325 e. The molecule has 1 aromatic heterocycles. The van der Waals surface area contributed by atoms with Gasteiger partial charge in [0, 0.05) is 18.4 Å². The average molecular weight is 317 g/mol.